The van der Waals surface area contributed by atoms with Gasteiger partial charge >= 0.3 is 0 Å². The molecule has 1 nitrogen and oxygen atoms in total. The topological polar surface area (TPSA) is 9.23 Å². The van der Waals surface area contributed by atoms with E-state index in [0.29, 0.717) is 0 Å². The minimum Gasteiger partial charge on any atom is -0.498 e. The second-order valence-electron chi connectivity index (χ2n) is 2.87. The molecule has 1 aliphatic heterocycles. The lowest BCUT2D eigenvalue weighted by Gasteiger charge is -2.13. The molecule has 0 aromatic heterocycles. The van der Waals surface area contributed by atoms with Gasteiger partial charge in [0.25, 0.3) is 0 Å². The first-order chi connectivity index (χ1) is 4.47. The van der Waals surface area contributed by atoms with E-state index in [9.17, 15) is 0 Å². The molecular formula is C8H12O. The summed E-state index contributed by atoms with van der Waals surface area (Å²) >= 11 is 0. The molecule has 1 saturated carbocycles. The molecule has 1 aliphatic carbocycles. The summed E-state index contributed by atoms with van der Waals surface area (Å²) in [7, 11) is 0. The smallest absolute Gasteiger partial charge is 0.0950 e. The van der Waals surface area contributed by atoms with E-state index in [0.717, 1.165) is 12.5 Å². The van der Waals surface area contributed by atoms with Crippen LogP contribution in [-0.2, 0) is 4.74 Å². The Bertz CT molecular complexity index is 134. The summed E-state index contributed by atoms with van der Waals surface area (Å²) < 4.78 is 5.46. The highest BCUT2D eigenvalue weighted by Crippen LogP contribution is 2.38. The molecule has 0 radical (unpaired) electrons. The number of allylic oxidation sites excluding steroid dienone is 2. The average Bonchev–Trinajstić information content (AvgIpc) is 2.71. The normalized spacial score (nSPS) is 26.9. The maximum absolute atomic E-state index is 5.46. The SMILES string of the molecule is C1=C(C2CC2)OCCC1. The molecule has 2 rings (SSSR count). The second-order valence-corrected chi connectivity index (χ2v) is 2.87. The van der Waals surface area contributed by atoms with Crippen molar-refractivity contribution in [2.24, 2.45) is 5.92 Å². The Labute approximate surface area is 55.7 Å². The first-order valence-electron chi connectivity index (χ1n) is 3.79. The van der Waals surface area contributed by atoms with Crippen molar-refractivity contribution < 1.29 is 4.74 Å². The highest BCUT2D eigenvalue weighted by molar-refractivity contribution is 5.06. The third kappa shape index (κ3) is 1.09. The van der Waals surface area contributed by atoms with Gasteiger partial charge in [0.15, 0.2) is 0 Å². The Morgan fingerprint density at radius 3 is 2.89 bits per heavy atom. The molecule has 2 aliphatic rings. The predicted molar refractivity (Wildman–Crippen MR) is 36.0 cm³/mol. The van der Waals surface area contributed by atoms with E-state index in [2.05, 4.69) is 6.08 Å². The largest absolute Gasteiger partial charge is 0.498 e. The van der Waals surface area contributed by atoms with Crippen LogP contribution in [0.1, 0.15) is 25.7 Å². The predicted octanol–water partition coefficient (Wildman–Crippen LogP) is 2.09. The van der Waals surface area contributed by atoms with Crippen molar-refractivity contribution in [3.05, 3.63) is 11.8 Å². The average molecular weight is 124 g/mol. The van der Waals surface area contributed by atoms with Gasteiger partial charge < -0.3 is 4.74 Å². The first kappa shape index (κ1) is 5.33. The quantitative estimate of drug-likeness (QED) is 0.520. The van der Waals surface area contributed by atoms with Crippen molar-refractivity contribution in [1.82, 2.24) is 0 Å². The highest BCUT2D eigenvalue weighted by atomic mass is 16.5. The Hall–Kier alpha value is -0.460. The zero-order chi connectivity index (χ0) is 6.10. The van der Waals surface area contributed by atoms with Crippen molar-refractivity contribution in [3.63, 3.8) is 0 Å². The van der Waals surface area contributed by atoms with Crippen LogP contribution < -0.4 is 0 Å². The Morgan fingerprint density at radius 1 is 1.44 bits per heavy atom. The standard InChI is InChI=1S/C8H12O/c1-2-6-9-8(3-1)7-4-5-7/h3,7H,1-2,4-6H2. The number of rotatable bonds is 1. The van der Waals surface area contributed by atoms with E-state index >= 15 is 0 Å². The zero-order valence-electron chi connectivity index (χ0n) is 5.60. The summed E-state index contributed by atoms with van der Waals surface area (Å²) in [5.74, 6) is 2.12. The molecule has 1 fully saturated rings. The summed E-state index contributed by atoms with van der Waals surface area (Å²) in [6.07, 6.45) is 7.46. The number of hydrogen-bond acceptors (Lipinski definition) is 1. The number of ether oxygens (including phenoxy) is 1. The van der Waals surface area contributed by atoms with Crippen LogP contribution in [-0.4, -0.2) is 6.61 Å². The van der Waals surface area contributed by atoms with E-state index in [1.807, 2.05) is 0 Å². The van der Waals surface area contributed by atoms with Gasteiger partial charge in [-0.3, -0.25) is 0 Å². The maximum atomic E-state index is 5.46. The summed E-state index contributed by atoms with van der Waals surface area (Å²) in [5.41, 5.74) is 0. The molecule has 1 heteroatoms. The van der Waals surface area contributed by atoms with Crippen molar-refractivity contribution in [2.75, 3.05) is 6.61 Å². The van der Waals surface area contributed by atoms with Gasteiger partial charge in [0.2, 0.25) is 0 Å². The molecule has 0 bridgehead atoms. The molecule has 0 atom stereocenters. The van der Waals surface area contributed by atoms with E-state index < -0.39 is 0 Å². The molecule has 0 spiro atoms. The molecule has 0 unspecified atom stereocenters. The van der Waals surface area contributed by atoms with E-state index in [4.69, 9.17) is 4.74 Å². The minimum absolute atomic E-state index is 0.824. The fourth-order valence-electron chi connectivity index (χ4n) is 1.23. The van der Waals surface area contributed by atoms with Gasteiger partial charge in [-0.2, -0.15) is 0 Å². The van der Waals surface area contributed by atoms with Crippen LogP contribution in [0.25, 0.3) is 0 Å². The third-order valence-corrected chi connectivity index (χ3v) is 1.94. The Kier molecular flexibility index (Phi) is 1.22. The Morgan fingerprint density at radius 2 is 2.33 bits per heavy atom. The van der Waals surface area contributed by atoms with Crippen molar-refractivity contribution in [1.29, 1.82) is 0 Å². The highest BCUT2D eigenvalue weighted by Gasteiger charge is 2.27. The van der Waals surface area contributed by atoms with Gasteiger partial charge in [-0.25, -0.2) is 0 Å². The molecule has 0 N–H and O–H groups in total. The van der Waals surface area contributed by atoms with E-state index in [1.54, 1.807) is 0 Å². The van der Waals surface area contributed by atoms with Crippen LogP contribution in [0, 0.1) is 5.92 Å². The molecule has 0 aromatic carbocycles. The van der Waals surface area contributed by atoms with Crippen molar-refractivity contribution in [3.8, 4) is 0 Å². The Balaban J connectivity index is 1.99. The molecular weight excluding hydrogens is 112 g/mol. The van der Waals surface area contributed by atoms with Gasteiger partial charge in [0.05, 0.1) is 12.4 Å². The molecule has 0 aromatic rings. The van der Waals surface area contributed by atoms with Gasteiger partial charge in [0, 0.05) is 5.92 Å². The van der Waals surface area contributed by atoms with Crippen LogP contribution >= 0.6 is 0 Å². The first-order valence-corrected chi connectivity index (χ1v) is 3.79. The monoisotopic (exact) mass is 124 g/mol. The van der Waals surface area contributed by atoms with Gasteiger partial charge in [0.1, 0.15) is 0 Å². The molecule has 1 heterocycles. The lowest BCUT2D eigenvalue weighted by molar-refractivity contribution is 0.179. The van der Waals surface area contributed by atoms with Crippen molar-refractivity contribution >= 4 is 0 Å². The molecule has 9 heavy (non-hydrogen) atoms. The van der Waals surface area contributed by atoms with E-state index in [-0.39, 0.29) is 0 Å². The van der Waals surface area contributed by atoms with Crippen LogP contribution in [0.2, 0.25) is 0 Å². The summed E-state index contributed by atoms with van der Waals surface area (Å²) in [4.78, 5) is 0. The van der Waals surface area contributed by atoms with Crippen LogP contribution in [0.15, 0.2) is 11.8 Å². The maximum Gasteiger partial charge on any atom is 0.0950 e. The fourth-order valence-corrected chi connectivity index (χ4v) is 1.23. The molecule has 0 amide bonds. The summed E-state index contributed by atoms with van der Waals surface area (Å²) in [6.45, 7) is 0.961. The van der Waals surface area contributed by atoms with Crippen molar-refractivity contribution in [2.45, 2.75) is 25.7 Å². The number of hydrogen-bond donors (Lipinski definition) is 0. The van der Waals surface area contributed by atoms with E-state index in [1.165, 1.54) is 31.4 Å². The molecule has 0 saturated heterocycles. The second kappa shape index (κ2) is 2.05. The van der Waals surface area contributed by atoms with Crippen LogP contribution in [0.5, 0.6) is 0 Å². The van der Waals surface area contributed by atoms with Gasteiger partial charge in [-0.15, -0.1) is 0 Å². The van der Waals surface area contributed by atoms with Crippen LogP contribution in [0.3, 0.4) is 0 Å². The van der Waals surface area contributed by atoms with Gasteiger partial charge in [-0.05, 0) is 31.8 Å². The minimum atomic E-state index is 0.824. The molecule has 50 valence electrons. The summed E-state index contributed by atoms with van der Waals surface area (Å²) in [5, 5.41) is 0. The fraction of sp³-hybridized carbons (Fsp3) is 0.750. The summed E-state index contributed by atoms with van der Waals surface area (Å²) in [6, 6.07) is 0. The third-order valence-electron chi connectivity index (χ3n) is 1.94. The lowest BCUT2D eigenvalue weighted by Crippen LogP contribution is -2.01. The lowest BCUT2D eigenvalue weighted by atomic mass is 10.2. The van der Waals surface area contributed by atoms with Crippen LogP contribution in [0.4, 0.5) is 0 Å². The van der Waals surface area contributed by atoms with Gasteiger partial charge in [-0.1, -0.05) is 0 Å². The zero-order valence-corrected chi connectivity index (χ0v) is 5.60.